The van der Waals surface area contributed by atoms with E-state index in [1.165, 1.54) is 13.2 Å². The highest BCUT2D eigenvalue weighted by molar-refractivity contribution is 7.62. The summed E-state index contributed by atoms with van der Waals surface area (Å²) in [5, 5.41) is 0. The van der Waals surface area contributed by atoms with E-state index < -0.39 is 43.6 Å². The van der Waals surface area contributed by atoms with Crippen LogP contribution in [0, 0.1) is 0 Å². The second-order valence-electron chi connectivity index (χ2n) is 8.55. The summed E-state index contributed by atoms with van der Waals surface area (Å²) in [6, 6.07) is 1.36. The van der Waals surface area contributed by atoms with Crippen LogP contribution in [0.2, 0.25) is 0 Å². The van der Waals surface area contributed by atoms with Crippen molar-refractivity contribution in [2.24, 2.45) is 0 Å². The second-order valence-corrected chi connectivity index (χ2v) is 10.5. The Hall–Kier alpha value is -1.37. The molecule has 0 amide bonds. The lowest BCUT2D eigenvalue weighted by atomic mass is 10.1. The molecular weight excluding hydrogens is 471 g/mol. The molecule has 3 saturated heterocycles. The van der Waals surface area contributed by atoms with Crippen LogP contribution in [0.4, 0.5) is 0 Å². The fraction of sp³-hybridized carbons (Fsp3) is 0.810. The molecule has 3 fully saturated rings. The summed E-state index contributed by atoms with van der Waals surface area (Å²) < 4.78 is 61.0. The molecule has 34 heavy (non-hydrogen) atoms. The van der Waals surface area contributed by atoms with Gasteiger partial charge in [0.25, 0.3) is 0 Å². The van der Waals surface area contributed by atoms with Gasteiger partial charge in [0.05, 0.1) is 26.9 Å². The standard InChI is InChI=1S/C21H33N2O10P/c1-6-29-34(25,30-7-2)15-11-14(26-5)22-20(24)23(15)19-18-17(32-21(3,4)33-18)13(31-19)12-28-16-9-8-10-27-16/h11,13,16-19H,6-10,12H2,1-5H3/t13-,16?,17-,18-,19-/m1/s1. The van der Waals surface area contributed by atoms with Crippen LogP contribution in [0.3, 0.4) is 0 Å². The quantitative estimate of drug-likeness (QED) is 0.432. The molecule has 1 aromatic heterocycles. The molecule has 5 atom stereocenters. The highest BCUT2D eigenvalue weighted by atomic mass is 31.2. The van der Waals surface area contributed by atoms with Crippen molar-refractivity contribution in [3.05, 3.63) is 16.6 Å². The van der Waals surface area contributed by atoms with Gasteiger partial charge in [0.15, 0.2) is 18.3 Å². The number of methoxy groups -OCH3 is 1. The zero-order valence-corrected chi connectivity index (χ0v) is 21.0. The normalized spacial score (nSPS) is 30.6. The van der Waals surface area contributed by atoms with E-state index in [0.717, 1.165) is 17.4 Å². The predicted octanol–water partition coefficient (Wildman–Crippen LogP) is 1.71. The molecule has 3 aliphatic rings. The van der Waals surface area contributed by atoms with Crippen molar-refractivity contribution < 1.29 is 42.0 Å². The molecule has 1 unspecified atom stereocenters. The maximum absolute atomic E-state index is 13.8. The highest BCUT2D eigenvalue weighted by Crippen LogP contribution is 2.49. The Labute approximate surface area is 198 Å². The smallest absolute Gasteiger partial charge is 0.378 e. The van der Waals surface area contributed by atoms with Gasteiger partial charge in [-0.05, 0) is 34.1 Å². The first kappa shape index (κ1) is 25.7. The zero-order chi connectivity index (χ0) is 24.5. The largest absolute Gasteiger partial charge is 0.481 e. The Balaban J connectivity index is 1.73. The third-order valence-corrected chi connectivity index (χ3v) is 7.82. The van der Waals surface area contributed by atoms with Crippen LogP contribution in [0.5, 0.6) is 5.88 Å². The summed E-state index contributed by atoms with van der Waals surface area (Å²) >= 11 is 0. The number of ether oxygens (including phenoxy) is 6. The van der Waals surface area contributed by atoms with Crippen LogP contribution in [-0.4, -0.2) is 73.5 Å². The van der Waals surface area contributed by atoms with Gasteiger partial charge in [-0.2, -0.15) is 4.98 Å². The molecule has 13 heteroatoms. The summed E-state index contributed by atoms with van der Waals surface area (Å²) in [6.07, 6.45) is -1.41. The Kier molecular flexibility index (Phi) is 7.80. The number of fused-ring (bicyclic) bond motifs is 1. The average molecular weight is 504 g/mol. The second kappa shape index (κ2) is 10.3. The molecule has 12 nitrogen and oxygen atoms in total. The van der Waals surface area contributed by atoms with Crippen LogP contribution in [-0.2, 0) is 37.3 Å². The SMILES string of the molecule is CCOP(=O)(OCC)c1cc(OC)nc(=O)n1[C@@H]1O[C@H](COC2CCCO2)[C@H]2OC(C)(C)O[C@H]21. The van der Waals surface area contributed by atoms with E-state index in [2.05, 4.69) is 4.98 Å². The molecule has 4 heterocycles. The lowest BCUT2D eigenvalue weighted by molar-refractivity contribution is -0.211. The first-order valence-corrected chi connectivity index (χ1v) is 13.1. The molecular formula is C21H33N2O10P. The van der Waals surface area contributed by atoms with Gasteiger partial charge in [0.1, 0.15) is 23.7 Å². The molecule has 0 spiro atoms. The molecule has 1 aromatic rings. The fourth-order valence-corrected chi connectivity index (χ4v) is 6.16. The van der Waals surface area contributed by atoms with E-state index in [0.29, 0.717) is 6.61 Å². The van der Waals surface area contributed by atoms with E-state index >= 15 is 0 Å². The topological polar surface area (TPSA) is 126 Å². The van der Waals surface area contributed by atoms with Crippen LogP contribution in [0.25, 0.3) is 0 Å². The minimum Gasteiger partial charge on any atom is -0.481 e. The molecule has 4 rings (SSSR count). The molecule has 0 radical (unpaired) electrons. The summed E-state index contributed by atoms with van der Waals surface area (Å²) in [6.45, 7) is 7.94. The summed E-state index contributed by atoms with van der Waals surface area (Å²) in [5.41, 5.74) is -0.780. The number of rotatable bonds is 10. The molecule has 192 valence electrons. The summed E-state index contributed by atoms with van der Waals surface area (Å²) in [7, 11) is -2.57. The number of hydrogen-bond acceptors (Lipinski definition) is 11. The first-order chi connectivity index (χ1) is 16.2. The Morgan fingerprint density at radius 3 is 2.53 bits per heavy atom. The number of hydrogen-bond donors (Lipinski definition) is 0. The van der Waals surface area contributed by atoms with Crippen molar-refractivity contribution in [2.45, 2.75) is 77.2 Å². The monoisotopic (exact) mass is 504 g/mol. The van der Waals surface area contributed by atoms with Gasteiger partial charge in [-0.3, -0.25) is 9.13 Å². The molecule has 0 bridgehead atoms. The van der Waals surface area contributed by atoms with Crippen molar-refractivity contribution >= 4 is 13.0 Å². The van der Waals surface area contributed by atoms with E-state index in [4.69, 9.17) is 37.5 Å². The van der Waals surface area contributed by atoms with Gasteiger partial charge in [-0.25, -0.2) is 4.79 Å². The van der Waals surface area contributed by atoms with E-state index in [9.17, 15) is 9.36 Å². The summed E-state index contributed by atoms with van der Waals surface area (Å²) in [4.78, 5) is 17.1. The molecule has 0 N–H and O–H groups in total. The lowest BCUT2D eigenvalue weighted by Crippen LogP contribution is -2.43. The average Bonchev–Trinajstić information content (AvgIpc) is 3.48. The fourth-order valence-electron chi connectivity index (χ4n) is 4.41. The Bertz CT molecular complexity index is 953. The zero-order valence-electron chi connectivity index (χ0n) is 20.1. The minimum absolute atomic E-state index is 0.0207. The lowest BCUT2D eigenvalue weighted by Gasteiger charge is -2.28. The van der Waals surface area contributed by atoms with Gasteiger partial charge in [0.2, 0.25) is 5.88 Å². The van der Waals surface area contributed by atoms with E-state index in [1.807, 2.05) is 0 Å². The van der Waals surface area contributed by atoms with Gasteiger partial charge in [-0.15, -0.1) is 0 Å². The molecule has 0 saturated carbocycles. The first-order valence-electron chi connectivity index (χ1n) is 11.5. The number of nitrogens with zero attached hydrogens (tertiary/aromatic N) is 2. The predicted molar refractivity (Wildman–Crippen MR) is 118 cm³/mol. The van der Waals surface area contributed by atoms with E-state index in [-0.39, 0.29) is 37.4 Å². The van der Waals surface area contributed by atoms with Crippen molar-refractivity contribution in [1.82, 2.24) is 9.55 Å². The maximum Gasteiger partial charge on any atom is 0.378 e. The van der Waals surface area contributed by atoms with Crippen molar-refractivity contribution in [3.8, 4) is 5.88 Å². The number of aromatic nitrogens is 2. The highest BCUT2D eigenvalue weighted by Gasteiger charge is 2.57. The Morgan fingerprint density at radius 2 is 1.91 bits per heavy atom. The van der Waals surface area contributed by atoms with Gasteiger partial charge < -0.3 is 37.5 Å². The van der Waals surface area contributed by atoms with Gasteiger partial charge >= 0.3 is 13.3 Å². The van der Waals surface area contributed by atoms with E-state index in [1.54, 1.807) is 27.7 Å². The minimum atomic E-state index is -3.93. The van der Waals surface area contributed by atoms with Crippen LogP contribution < -0.4 is 15.9 Å². The van der Waals surface area contributed by atoms with Gasteiger partial charge in [0, 0.05) is 19.1 Å². The van der Waals surface area contributed by atoms with Gasteiger partial charge in [-0.1, -0.05) is 0 Å². The van der Waals surface area contributed by atoms with Crippen molar-refractivity contribution in [3.63, 3.8) is 0 Å². The molecule has 0 aromatic carbocycles. The van der Waals surface area contributed by atoms with Crippen molar-refractivity contribution in [2.75, 3.05) is 33.5 Å². The summed E-state index contributed by atoms with van der Waals surface area (Å²) in [5.74, 6) is -0.945. The van der Waals surface area contributed by atoms with Crippen LogP contribution >= 0.6 is 7.60 Å². The molecule has 3 aliphatic heterocycles. The maximum atomic E-state index is 13.8. The van der Waals surface area contributed by atoms with Crippen LogP contribution in [0.1, 0.15) is 46.8 Å². The molecule has 0 aliphatic carbocycles. The third-order valence-electron chi connectivity index (χ3n) is 5.71. The van der Waals surface area contributed by atoms with Crippen molar-refractivity contribution in [1.29, 1.82) is 0 Å². The Morgan fingerprint density at radius 1 is 1.21 bits per heavy atom. The van der Waals surface area contributed by atoms with Crippen LogP contribution in [0.15, 0.2) is 10.9 Å². The third kappa shape index (κ3) is 5.10.